The SMILES string of the molecule is Cc1nc(CN)cn1Cc1ccc(Cl)cc1. The highest BCUT2D eigenvalue weighted by Crippen LogP contribution is 2.12. The predicted octanol–water partition coefficient (Wildman–Crippen LogP) is 2.35. The molecule has 0 fully saturated rings. The molecule has 3 nitrogen and oxygen atoms in total. The summed E-state index contributed by atoms with van der Waals surface area (Å²) >= 11 is 5.84. The fourth-order valence-electron chi connectivity index (χ4n) is 1.62. The Bertz CT molecular complexity index is 474. The fraction of sp³-hybridized carbons (Fsp3) is 0.250. The third-order valence-electron chi connectivity index (χ3n) is 2.50. The number of benzene rings is 1. The van der Waals surface area contributed by atoms with Gasteiger partial charge in [0.1, 0.15) is 5.82 Å². The molecule has 4 heteroatoms. The number of halogens is 1. The van der Waals surface area contributed by atoms with E-state index >= 15 is 0 Å². The van der Waals surface area contributed by atoms with E-state index in [1.54, 1.807) is 0 Å². The first-order chi connectivity index (χ1) is 7.69. The van der Waals surface area contributed by atoms with Gasteiger partial charge in [0.25, 0.3) is 0 Å². The van der Waals surface area contributed by atoms with Crippen LogP contribution in [0.3, 0.4) is 0 Å². The van der Waals surface area contributed by atoms with Gasteiger partial charge in [0, 0.05) is 24.3 Å². The second kappa shape index (κ2) is 4.68. The molecule has 0 radical (unpaired) electrons. The molecular formula is C12H14ClN3. The van der Waals surface area contributed by atoms with Crippen molar-refractivity contribution in [3.63, 3.8) is 0 Å². The number of nitrogens with two attached hydrogens (primary N) is 1. The molecule has 0 saturated heterocycles. The highest BCUT2D eigenvalue weighted by Gasteiger charge is 2.03. The standard InChI is InChI=1S/C12H14ClN3/c1-9-15-12(6-14)8-16(9)7-10-2-4-11(13)5-3-10/h2-5,8H,6-7,14H2,1H3. The highest BCUT2D eigenvalue weighted by atomic mass is 35.5. The molecule has 84 valence electrons. The van der Waals surface area contributed by atoms with Gasteiger partial charge in [-0.25, -0.2) is 4.98 Å². The number of nitrogens with zero attached hydrogens (tertiary/aromatic N) is 2. The van der Waals surface area contributed by atoms with Gasteiger partial charge in [0.05, 0.1) is 5.69 Å². The lowest BCUT2D eigenvalue weighted by atomic mass is 10.2. The molecule has 2 aromatic rings. The average Bonchev–Trinajstić information content (AvgIpc) is 2.63. The van der Waals surface area contributed by atoms with Crippen LogP contribution < -0.4 is 5.73 Å². The Hall–Kier alpha value is -1.32. The molecule has 0 aliphatic carbocycles. The zero-order valence-electron chi connectivity index (χ0n) is 9.15. The van der Waals surface area contributed by atoms with E-state index < -0.39 is 0 Å². The van der Waals surface area contributed by atoms with Crippen LogP contribution in [0.25, 0.3) is 0 Å². The average molecular weight is 236 g/mol. The zero-order chi connectivity index (χ0) is 11.5. The Morgan fingerprint density at radius 1 is 1.31 bits per heavy atom. The maximum atomic E-state index is 5.84. The second-order valence-corrected chi connectivity index (χ2v) is 4.17. The van der Waals surface area contributed by atoms with Crippen LogP contribution in [0, 0.1) is 6.92 Å². The molecule has 16 heavy (non-hydrogen) atoms. The quantitative estimate of drug-likeness (QED) is 0.888. The van der Waals surface area contributed by atoms with Crippen molar-refractivity contribution in [3.8, 4) is 0 Å². The number of hydrogen-bond donors (Lipinski definition) is 1. The summed E-state index contributed by atoms with van der Waals surface area (Å²) in [5.41, 5.74) is 7.68. The van der Waals surface area contributed by atoms with E-state index in [0.29, 0.717) is 6.54 Å². The Balaban J connectivity index is 2.19. The highest BCUT2D eigenvalue weighted by molar-refractivity contribution is 6.30. The first-order valence-electron chi connectivity index (χ1n) is 5.16. The molecule has 0 aliphatic rings. The summed E-state index contributed by atoms with van der Waals surface area (Å²) in [6.07, 6.45) is 1.99. The van der Waals surface area contributed by atoms with Crippen LogP contribution in [0.1, 0.15) is 17.1 Å². The van der Waals surface area contributed by atoms with Gasteiger partial charge < -0.3 is 10.3 Å². The molecule has 0 spiro atoms. The maximum absolute atomic E-state index is 5.84. The molecule has 1 heterocycles. The topological polar surface area (TPSA) is 43.8 Å². The number of aryl methyl sites for hydroxylation is 1. The molecule has 1 aromatic heterocycles. The van der Waals surface area contributed by atoms with Crippen LogP contribution in [-0.4, -0.2) is 9.55 Å². The molecule has 0 atom stereocenters. The van der Waals surface area contributed by atoms with Crippen LogP contribution in [-0.2, 0) is 13.1 Å². The van der Waals surface area contributed by atoms with Gasteiger partial charge in [-0.3, -0.25) is 0 Å². The Morgan fingerprint density at radius 2 is 2.00 bits per heavy atom. The largest absolute Gasteiger partial charge is 0.330 e. The van der Waals surface area contributed by atoms with Gasteiger partial charge in [-0.15, -0.1) is 0 Å². The molecule has 2 rings (SSSR count). The summed E-state index contributed by atoms with van der Waals surface area (Å²) in [4.78, 5) is 4.35. The lowest BCUT2D eigenvalue weighted by Crippen LogP contribution is -2.00. The number of hydrogen-bond acceptors (Lipinski definition) is 2. The molecule has 1 aromatic carbocycles. The van der Waals surface area contributed by atoms with E-state index in [1.165, 1.54) is 5.56 Å². The lowest BCUT2D eigenvalue weighted by molar-refractivity contribution is 0.761. The van der Waals surface area contributed by atoms with E-state index in [-0.39, 0.29) is 0 Å². The van der Waals surface area contributed by atoms with Crippen molar-refractivity contribution in [2.24, 2.45) is 5.73 Å². The van der Waals surface area contributed by atoms with Gasteiger partial charge in [0.2, 0.25) is 0 Å². The van der Waals surface area contributed by atoms with E-state index in [1.807, 2.05) is 37.4 Å². The molecular weight excluding hydrogens is 222 g/mol. The Labute approximate surface area is 99.9 Å². The lowest BCUT2D eigenvalue weighted by Gasteiger charge is -2.04. The van der Waals surface area contributed by atoms with Crippen molar-refractivity contribution in [2.45, 2.75) is 20.0 Å². The monoisotopic (exact) mass is 235 g/mol. The Kier molecular flexibility index (Phi) is 3.27. The van der Waals surface area contributed by atoms with Crippen LogP contribution in [0.2, 0.25) is 5.02 Å². The minimum Gasteiger partial charge on any atom is -0.330 e. The predicted molar refractivity (Wildman–Crippen MR) is 65.4 cm³/mol. The van der Waals surface area contributed by atoms with Crippen molar-refractivity contribution >= 4 is 11.6 Å². The summed E-state index contributed by atoms with van der Waals surface area (Å²) in [5, 5.41) is 0.758. The third-order valence-corrected chi connectivity index (χ3v) is 2.75. The van der Waals surface area contributed by atoms with Crippen molar-refractivity contribution in [3.05, 3.63) is 52.6 Å². The minimum atomic E-state index is 0.481. The first-order valence-corrected chi connectivity index (χ1v) is 5.54. The van der Waals surface area contributed by atoms with Gasteiger partial charge in [-0.1, -0.05) is 23.7 Å². The molecule has 2 N–H and O–H groups in total. The smallest absolute Gasteiger partial charge is 0.106 e. The van der Waals surface area contributed by atoms with E-state index in [2.05, 4.69) is 9.55 Å². The molecule has 0 aliphatic heterocycles. The van der Waals surface area contributed by atoms with Crippen LogP contribution in [0.5, 0.6) is 0 Å². The summed E-state index contributed by atoms with van der Waals surface area (Å²) in [5.74, 6) is 0.982. The molecule has 0 bridgehead atoms. The van der Waals surface area contributed by atoms with Crippen LogP contribution in [0.4, 0.5) is 0 Å². The minimum absolute atomic E-state index is 0.481. The van der Waals surface area contributed by atoms with Gasteiger partial charge in [-0.2, -0.15) is 0 Å². The molecule has 0 saturated carbocycles. The van der Waals surface area contributed by atoms with Crippen LogP contribution >= 0.6 is 11.6 Å². The number of aromatic nitrogens is 2. The van der Waals surface area contributed by atoms with E-state index in [4.69, 9.17) is 17.3 Å². The second-order valence-electron chi connectivity index (χ2n) is 3.74. The summed E-state index contributed by atoms with van der Waals surface area (Å²) in [6, 6.07) is 7.83. The normalized spacial score (nSPS) is 10.7. The molecule has 0 unspecified atom stereocenters. The summed E-state index contributed by atoms with van der Waals surface area (Å²) in [6.45, 7) is 3.26. The number of imidazole rings is 1. The van der Waals surface area contributed by atoms with Crippen LogP contribution in [0.15, 0.2) is 30.5 Å². The maximum Gasteiger partial charge on any atom is 0.106 e. The molecule has 0 amide bonds. The van der Waals surface area contributed by atoms with Crippen molar-refractivity contribution in [1.82, 2.24) is 9.55 Å². The van der Waals surface area contributed by atoms with E-state index in [9.17, 15) is 0 Å². The third kappa shape index (κ3) is 2.43. The Morgan fingerprint density at radius 3 is 2.56 bits per heavy atom. The fourth-order valence-corrected chi connectivity index (χ4v) is 1.75. The van der Waals surface area contributed by atoms with Crippen molar-refractivity contribution < 1.29 is 0 Å². The first kappa shape index (κ1) is 11.2. The number of rotatable bonds is 3. The van der Waals surface area contributed by atoms with Crippen molar-refractivity contribution in [2.75, 3.05) is 0 Å². The van der Waals surface area contributed by atoms with E-state index in [0.717, 1.165) is 23.1 Å². The van der Waals surface area contributed by atoms with Crippen molar-refractivity contribution in [1.29, 1.82) is 0 Å². The van der Waals surface area contributed by atoms with Gasteiger partial charge >= 0.3 is 0 Å². The van der Waals surface area contributed by atoms with Gasteiger partial charge in [-0.05, 0) is 24.6 Å². The zero-order valence-corrected chi connectivity index (χ0v) is 9.91. The van der Waals surface area contributed by atoms with Gasteiger partial charge in [0.15, 0.2) is 0 Å². The summed E-state index contributed by atoms with van der Waals surface area (Å²) < 4.78 is 2.09. The summed E-state index contributed by atoms with van der Waals surface area (Å²) in [7, 11) is 0.